The second-order valence-corrected chi connectivity index (χ2v) is 10.9. The number of hydrogen-bond acceptors (Lipinski definition) is 10. The van der Waals surface area contributed by atoms with Gasteiger partial charge in [0.1, 0.15) is 0 Å². The Labute approximate surface area is 259 Å². The lowest BCUT2D eigenvalue weighted by molar-refractivity contribution is 0.0921. The number of aryl methyl sites for hydroxylation is 1. The van der Waals surface area contributed by atoms with Gasteiger partial charge in [-0.2, -0.15) is 9.97 Å². The van der Waals surface area contributed by atoms with Crippen molar-refractivity contribution in [3.05, 3.63) is 70.1 Å². The smallest absolute Gasteiger partial charge is 0.251 e. The number of aliphatic hydroxyl groups is 1. The number of H-pyrrole nitrogens is 1. The number of imidazole rings is 1. The Balaban J connectivity index is 1.14. The molecule has 0 aliphatic rings. The first kappa shape index (κ1) is 31.4. The zero-order valence-corrected chi connectivity index (χ0v) is 25.6. The first-order valence-electron chi connectivity index (χ1n) is 14.9. The van der Waals surface area contributed by atoms with Crippen molar-refractivity contribution >= 4 is 39.7 Å². The first-order chi connectivity index (χ1) is 21.8. The summed E-state index contributed by atoms with van der Waals surface area (Å²) in [7, 11) is 0. The predicted octanol–water partition coefficient (Wildman–Crippen LogP) is 3.58. The van der Waals surface area contributed by atoms with E-state index in [9.17, 15) is 14.7 Å². The number of hydrogen-bond donors (Lipinski definition) is 6. The van der Waals surface area contributed by atoms with Gasteiger partial charge in [-0.1, -0.05) is 29.8 Å². The Morgan fingerprint density at radius 1 is 1.04 bits per heavy atom. The van der Waals surface area contributed by atoms with E-state index < -0.39 is 5.43 Å². The summed E-state index contributed by atoms with van der Waals surface area (Å²) in [5.41, 5.74) is 3.72. The van der Waals surface area contributed by atoms with Crippen LogP contribution in [-0.4, -0.2) is 80.1 Å². The lowest BCUT2D eigenvalue weighted by atomic mass is 10.0. The zero-order valence-electron chi connectivity index (χ0n) is 25.6. The fourth-order valence-electron chi connectivity index (χ4n) is 4.81. The van der Waals surface area contributed by atoms with Gasteiger partial charge in [0.05, 0.1) is 30.8 Å². The molecule has 5 aromatic rings. The van der Waals surface area contributed by atoms with E-state index in [0.717, 1.165) is 5.56 Å². The Hall–Kier alpha value is -5.01. The van der Waals surface area contributed by atoms with Gasteiger partial charge in [0.2, 0.25) is 11.4 Å². The van der Waals surface area contributed by atoms with Crippen LogP contribution in [0, 0.1) is 6.92 Å². The highest BCUT2D eigenvalue weighted by Gasteiger charge is 2.16. The maximum absolute atomic E-state index is 12.8. The van der Waals surface area contributed by atoms with E-state index in [1.54, 1.807) is 18.5 Å². The van der Waals surface area contributed by atoms with Gasteiger partial charge in [-0.25, -0.2) is 4.98 Å². The summed E-state index contributed by atoms with van der Waals surface area (Å²) >= 11 is 0. The third-order valence-electron chi connectivity index (χ3n) is 7.24. The molecule has 0 aliphatic carbocycles. The second-order valence-electron chi connectivity index (χ2n) is 10.9. The highest BCUT2D eigenvalue weighted by Crippen LogP contribution is 2.27. The number of benzene rings is 2. The molecule has 45 heavy (non-hydrogen) atoms. The lowest BCUT2D eigenvalue weighted by Crippen LogP contribution is -2.28. The van der Waals surface area contributed by atoms with Crippen molar-refractivity contribution in [3.8, 4) is 17.0 Å². The number of nitrogens with one attached hydrogen (secondary N) is 4. The summed E-state index contributed by atoms with van der Waals surface area (Å²) < 4.78 is 7.66. The van der Waals surface area contributed by atoms with E-state index in [0.29, 0.717) is 76.8 Å². The maximum Gasteiger partial charge on any atom is 0.251 e. The lowest BCUT2D eigenvalue weighted by Gasteiger charge is -2.12. The third-order valence-corrected chi connectivity index (χ3v) is 7.24. The number of carbonyl (C=O) groups is 1. The van der Waals surface area contributed by atoms with Gasteiger partial charge in [-0.15, -0.1) is 0 Å². The molecular weight excluding hydrogens is 576 g/mol. The molecule has 0 saturated heterocycles. The van der Waals surface area contributed by atoms with Crippen LogP contribution in [0.1, 0.15) is 42.2 Å². The van der Waals surface area contributed by atoms with Crippen molar-refractivity contribution in [1.29, 1.82) is 0 Å². The van der Waals surface area contributed by atoms with Crippen LogP contribution in [0.3, 0.4) is 0 Å². The van der Waals surface area contributed by atoms with E-state index in [2.05, 4.69) is 49.7 Å². The average molecular weight is 615 g/mol. The molecule has 0 radical (unpaired) electrons. The molecule has 236 valence electrons. The number of anilines is 2. The maximum atomic E-state index is 12.8. The Kier molecular flexibility index (Phi) is 9.90. The number of rotatable bonds is 14. The van der Waals surface area contributed by atoms with E-state index >= 15 is 0 Å². The van der Waals surface area contributed by atoms with Crippen LogP contribution in [0.15, 0.2) is 53.6 Å². The molecule has 0 fully saturated rings. The molecule has 1 amide bonds. The number of aromatic nitrogens is 5. The van der Waals surface area contributed by atoms with Gasteiger partial charge < -0.3 is 40.5 Å². The minimum atomic E-state index is -0.502. The monoisotopic (exact) mass is 614 g/mol. The van der Waals surface area contributed by atoms with Crippen LogP contribution in [0.2, 0.25) is 0 Å². The highest BCUT2D eigenvalue weighted by molar-refractivity contribution is 5.98. The second kappa shape index (κ2) is 14.2. The summed E-state index contributed by atoms with van der Waals surface area (Å²) in [6.45, 7) is 8.07. The van der Waals surface area contributed by atoms with Crippen molar-refractivity contribution in [3.63, 3.8) is 0 Å². The normalized spacial score (nSPS) is 11.4. The number of aliphatic hydroxyl groups excluding tert-OH is 1. The predicted molar refractivity (Wildman–Crippen MR) is 174 cm³/mol. The summed E-state index contributed by atoms with van der Waals surface area (Å²) in [6, 6.07) is 12.3. The molecule has 0 aliphatic heterocycles. The molecule has 2 aromatic carbocycles. The van der Waals surface area contributed by atoms with E-state index in [-0.39, 0.29) is 37.5 Å². The SMILES string of the molecule is Cc1ccc(-c2[nH]c3cc(C(=O)NCCOCCNc4nc(NCCCO)c5ncn(C(C)C)c5n4)ccc3c(=O)c2O)cc1. The van der Waals surface area contributed by atoms with Crippen LogP contribution < -0.4 is 21.4 Å². The van der Waals surface area contributed by atoms with Crippen molar-refractivity contribution in [1.82, 2.24) is 29.8 Å². The number of nitrogens with zero attached hydrogens (tertiary/aromatic N) is 4. The van der Waals surface area contributed by atoms with E-state index in [1.807, 2.05) is 35.8 Å². The van der Waals surface area contributed by atoms with Crippen LogP contribution in [0.4, 0.5) is 11.8 Å². The quantitative estimate of drug-likeness (QED) is 0.101. The van der Waals surface area contributed by atoms with Crippen LogP contribution >= 0.6 is 0 Å². The van der Waals surface area contributed by atoms with Crippen molar-refractivity contribution in [2.24, 2.45) is 0 Å². The molecule has 0 unspecified atom stereocenters. The number of fused-ring (bicyclic) bond motifs is 2. The Bertz CT molecular complexity index is 1850. The number of aromatic amines is 1. The molecular formula is C32H38N8O5. The topological polar surface area (TPSA) is 179 Å². The average Bonchev–Trinajstić information content (AvgIpc) is 3.47. The zero-order chi connectivity index (χ0) is 31.9. The van der Waals surface area contributed by atoms with Gasteiger partial charge in [0.15, 0.2) is 22.7 Å². The van der Waals surface area contributed by atoms with E-state index in [4.69, 9.17) is 9.84 Å². The van der Waals surface area contributed by atoms with Gasteiger partial charge in [-0.05, 0) is 45.4 Å². The van der Waals surface area contributed by atoms with Gasteiger partial charge in [0, 0.05) is 48.8 Å². The minimum absolute atomic E-state index is 0.0778. The minimum Gasteiger partial charge on any atom is -0.503 e. The van der Waals surface area contributed by atoms with Crippen LogP contribution in [0.25, 0.3) is 33.3 Å². The van der Waals surface area contributed by atoms with Crippen molar-refractivity contribution < 1.29 is 19.7 Å². The van der Waals surface area contributed by atoms with Gasteiger partial charge in [0.25, 0.3) is 5.91 Å². The van der Waals surface area contributed by atoms with Crippen molar-refractivity contribution in [2.75, 3.05) is 50.1 Å². The molecule has 13 nitrogen and oxygen atoms in total. The Morgan fingerprint density at radius 2 is 1.82 bits per heavy atom. The molecule has 3 aromatic heterocycles. The Morgan fingerprint density at radius 3 is 2.58 bits per heavy atom. The van der Waals surface area contributed by atoms with Crippen molar-refractivity contribution in [2.45, 2.75) is 33.2 Å². The number of pyridine rings is 1. The molecule has 3 heterocycles. The molecule has 0 bridgehead atoms. The largest absolute Gasteiger partial charge is 0.503 e. The molecule has 0 atom stereocenters. The number of carbonyl (C=O) groups excluding carboxylic acids is 1. The summed E-state index contributed by atoms with van der Waals surface area (Å²) in [5.74, 6) is 0.357. The number of amides is 1. The molecule has 6 N–H and O–H groups in total. The van der Waals surface area contributed by atoms with Gasteiger partial charge >= 0.3 is 0 Å². The van der Waals surface area contributed by atoms with Crippen LogP contribution in [0.5, 0.6) is 5.75 Å². The fourth-order valence-corrected chi connectivity index (χ4v) is 4.81. The molecule has 5 rings (SSSR count). The molecule has 0 spiro atoms. The fraction of sp³-hybridized carbons (Fsp3) is 0.344. The van der Waals surface area contributed by atoms with E-state index in [1.165, 1.54) is 6.07 Å². The first-order valence-corrected chi connectivity index (χ1v) is 14.9. The standard InChI is InChI=1S/C32H38N8O5/c1-19(2)40-18-36-26-29(33-11-4-14-41)38-32(39-30(26)40)35-13-16-45-15-12-34-31(44)22-9-10-23-24(17-22)37-25(28(43)27(23)42)21-7-5-20(3)6-8-21/h5-10,17-19,41,43H,4,11-16H2,1-3H3,(H,34,44)(H,37,42)(H2,33,35,38,39). The summed E-state index contributed by atoms with van der Waals surface area (Å²) in [4.78, 5) is 42.4. The highest BCUT2D eigenvalue weighted by atomic mass is 16.5. The van der Waals surface area contributed by atoms with Crippen LogP contribution in [-0.2, 0) is 4.74 Å². The summed E-state index contributed by atoms with van der Waals surface area (Å²) in [6.07, 6.45) is 2.33. The summed E-state index contributed by atoms with van der Waals surface area (Å²) in [5, 5.41) is 29.2. The number of ether oxygens (including phenoxy) is 1. The molecule has 0 saturated carbocycles. The van der Waals surface area contributed by atoms with Gasteiger partial charge in [-0.3, -0.25) is 9.59 Å². The molecule has 13 heteroatoms. The number of aromatic hydroxyl groups is 1. The third kappa shape index (κ3) is 7.21.